The van der Waals surface area contributed by atoms with Crippen molar-refractivity contribution in [3.05, 3.63) is 117 Å². The summed E-state index contributed by atoms with van der Waals surface area (Å²) in [5, 5.41) is 41.8. The summed E-state index contributed by atoms with van der Waals surface area (Å²) in [5.74, 6) is -1.44. The molecule has 0 saturated heterocycles. The SMILES string of the molecule is CC(C)=CCC/C(C)=C/CN1C(=O)[C@@](O)([C@@H](C)/C=C/CCn2cc(C(CO)c3ccccc3)nn2)c2cc([N+](=O)[O-])ccc21. The number of allylic oxidation sites excluding steroid dienone is 4. The number of benzene rings is 2. The minimum atomic E-state index is -1.95. The Morgan fingerprint density at radius 1 is 1.11 bits per heavy atom. The maximum atomic E-state index is 13.8. The van der Waals surface area contributed by atoms with Crippen LogP contribution >= 0.6 is 0 Å². The van der Waals surface area contributed by atoms with Gasteiger partial charge in [-0.25, -0.2) is 0 Å². The van der Waals surface area contributed by atoms with Crippen LogP contribution < -0.4 is 4.90 Å². The zero-order valence-corrected chi connectivity index (χ0v) is 25.8. The van der Waals surface area contributed by atoms with Crippen molar-refractivity contribution < 1.29 is 19.9 Å². The Balaban J connectivity index is 1.48. The molecule has 10 heteroatoms. The molecule has 0 bridgehead atoms. The Morgan fingerprint density at radius 2 is 1.86 bits per heavy atom. The smallest absolute Gasteiger partial charge is 0.269 e. The van der Waals surface area contributed by atoms with Gasteiger partial charge in [-0.1, -0.05) is 77.9 Å². The van der Waals surface area contributed by atoms with E-state index in [4.69, 9.17) is 0 Å². The molecular weight excluding hydrogens is 558 g/mol. The maximum absolute atomic E-state index is 13.8. The molecule has 2 aromatic carbocycles. The molecule has 1 aliphatic heterocycles. The van der Waals surface area contributed by atoms with Gasteiger partial charge in [0.2, 0.25) is 0 Å². The average molecular weight is 600 g/mol. The number of nitro benzene ring substituents is 1. The third-order valence-electron chi connectivity index (χ3n) is 8.08. The Kier molecular flexibility index (Phi) is 10.6. The first-order chi connectivity index (χ1) is 21.1. The second-order valence-corrected chi connectivity index (χ2v) is 11.6. The van der Waals surface area contributed by atoms with E-state index in [1.807, 2.05) is 55.6 Å². The van der Waals surface area contributed by atoms with Crippen molar-refractivity contribution in [2.75, 3.05) is 18.1 Å². The first-order valence-electron chi connectivity index (χ1n) is 14.9. The Hall–Kier alpha value is -4.41. The van der Waals surface area contributed by atoms with Gasteiger partial charge in [-0.15, -0.1) is 5.10 Å². The summed E-state index contributed by atoms with van der Waals surface area (Å²) in [6.45, 7) is 8.53. The van der Waals surface area contributed by atoms with Crippen LogP contribution in [-0.2, 0) is 16.9 Å². The van der Waals surface area contributed by atoms with Crippen LogP contribution in [0.3, 0.4) is 0 Å². The fourth-order valence-corrected chi connectivity index (χ4v) is 5.45. The Bertz CT molecular complexity index is 1560. The molecule has 3 atom stereocenters. The van der Waals surface area contributed by atoms with Gasteiger partial charge in [0.25, 0.3) is 11.6 Å². The number of fused-ring (bicyclic) bond motifs is 1. The van der Waals surface area contributed by atoms with Crippen molar-refractivity contribution >= 4 is 17.3 Å². The fraction of sp³-hybridized carbons (Fsp3) is 0.382. The molecule has 1 aliphatic rings. The number of amides is 1. The van der Waals surface area contributed by atoms with E-state index in [0.717, 1.165) is 24.0 Å². The number of hydrogen-bond donors (Lipinski definition) is 2. The van der Waals surface area contributed by atoms with Crippen LogP contribution in [0.4, 0.5) is 11.4 Å². The highest BCUT2D eigenvalue weighted by molar-refractivity contribution is 6.07. The van der Waals surface area contributed by atoms with E-state index in [2.05, 4.69) is 30.2 Å². The number of anilines is 1. The first kappa shape index (κ1) is 32.5. The van der Waals surface area contributed by atoms with E-state index < -0.39 is 22.3 Å². The first-order valence-corrected chi connectivity index (χ1v) is 14.9. The van der Waals surface area contributed by atoms with E-state index in [9.17, 15) is 25.1 Å². The van der Waals surface area contributed by atoms with Gasteiger partial charge in [0, 0.05) is 42.9 Å². The lowest BCUT2D eigenvalue weighted by atomic mass is 9.82. The molecule has 2 heterocycles. The Labute approximate surface area is 258 Å². The molecule has 0 fully saturated rings. The molecule has 0 aliphatic carbocycles. The maximum Gasteiger partial charge on any atom is 0.269 e. The molecule has 0 spiro atoms. The van der Waals surface area contributed by atoms with Gasteiger partial charge in [-0.3, -0.25) is 19.6 Å². The number of carbonyl (C=O) groups is 1. The molecule has 44 heavy (non-hydrogen) atoms. The van der Waals surface area contributed by atoms with Crippen LogP contribution in [-0.4, -0.2) is 49.2 Å². The van der Waals surface area contributed by atoms with E-state index in [-0.39, 0.29) is 30.3 Å². The number of non-ortho nitro benzene ring substituents is 1. The fourth-order valence-electron chi connectivity index (χ4n) is 5.45. The van der Waals surface area contributed by atoms with Crippen LogP contribution in [0.15, 0.2) is 90.2 Å². The molecule has 4 rings (SSSR count). The number of carbonyl (C=O) groups excluding carboxylic acids is 1. The molecule has 2 N–H and O–H groups in total. The molecular formula is C34H41N5O5. The second-order valence-electron chi connectivity index (χ2n) is 11.6. The number of nitrogens with zero attached hydrogens (tertiary/aromatic N) is 5. The molecule has 0 radical (unpaired) electrons. The van der Waals surface area contributed by atoms with Crippen molar-refractivity contribution in [1.29, 1.82) is 0 Å². The summed E-state index contributed by atoms with van der Waals surface area (Å²) in [6, 6.07) is 13.8. The van der Waals surface area contributed by atoms with Crippen molar-refractivity contribution in [2.24, 2.45) is 5.92 Å². The largest absolute Gasteiger partial charge is 0.395 e. The summed E-state index contributed by atoms with van der Waals surface area (Å²) in [4.78, 5) is 26.3. The van der Waals surface area contributed by atoms with E-state index in [1.54, 1.807) is 23.7 Å². The summed E-state index contributed by atoms with van der Waals surface area (Å²) in [5.41, 5.74) is 2.57. The van der Waals surface area contributed by atoms with E-state index in [1.165, 1.54) is 22.6 Å². The number of aryl methyl sites for hydroxylation is 1. The number of hydrogen-bond acceptors (Lipinski definition) is 7. The third kappa shape index (κ3) is 7.20. The van der Waals surface area contributed by atoms with Crippen LogP contribution in [0.1, 0.15) is 69.7 Å². The highest BCUT2D eigenvalue weighted by Gasteiger charge is 2.52. The molecule has 1 unspecified atom stereocenters. The molecule has 232 valence electrons. The van der Waals surface area contributed by atoms with Gasteiger partial charge >= 0.3 is 0 Å². The van der Waals surface area contributed by atoms with Crippen LogP contribution in [0.2, 0.25) is 0 Å². The lowest BCUT2D eigenvalue weighted by Crippen LogP contribution is -2.44. The zero-order valence-electron chi connectivity index (χ0n) is 25.8. The summed E-state index contributed by atoms with van der Waals surface area (Å²) in [7, 11) is 0. The van der Waals surface area contributed by atoms with E-state index >= 15 is 0 Å². The van der Waals surface area contributed by atoms with Gasteiger partial charge in [0.1, 0.15) is 0 Å². The number of nitro groups is 1. The van der Waals surface area contributed by atoms with Gasteiger partial charge in [0.15, 0.2) is 5.60 Å². The monoisotopic (exact) mass is 599 g/mol. The highest BCUT2D eigenvalue weighted by atomic mass is 16.6. The molecule has 3 aromatic rings. The third-order valence-corrected chi connectivity index (χ3v) is 8.08. The highest BCUT2D eigenvalue weighted by Crippen LogP contribution is 2.46. The number of aliphatic hydroxyl groups excluding tert-OH is 1. The molecule has 10 nitrogen and oxygen atoms in total. The number of aromatic nitrogens is 3. The standard InChI is InChI=1S/C34H41N5O5/c1-24(2)11-10-12-25(3)18-20-38-32-17-16-28(39(43)44)21-30(32)34(42,33(38)41)26(4)13-8-9-19-37-22-31(35-36-37)29(23-40)27-14-6-5-7-15-27/h5-8,11,13-18,21-22,26,29,40,42H,9-10,12,19-20,23H2,1-4H3/b13-8+,25-18+/t26-,29?,34+/m0/s1. The van der Waals surface area contributed by atoms with Gasteiger partial charge in [0.05, 0.1) is 28.8 Å². The minimum Gasteiger partial charge on any atom is -0.395 e. The lowest BCUT2D eigenvalue weighted by molar-refractivity contribution is -0.385. The van der Waals surface area contributed by atoms with Crippen molar-refractivity contribution in [3.8, 4) is 0 Å². The second kappa shape index (κ2) is 14.4. The predicted molar refractivity (Wildman–Crippen MR) is 170 cm³/mol. The predicted octanol–water partition coefficient (Wildman–Crippen LogP) is 5.82. The summed E-state index contributed by atoms with van der Waals surface area (Å²) < 4.78 is 1.69. The normalized spacial score (nSPS) is 18.0. The lowest BCUT2D eigenvalue weighted by Gasteiger charge is -2.27. The van der Waals surface area contributed by atoms with Crippen molar-refractivity contribution in [3.63, 3.8) is 0 Å². The molecule has 0 saturated carbocycles. The van der Waals surface area contributed by atoms with Gasteiger partial charge in [-0.2, -0.15) is 0 Å². The zero-order chi connectivity index (χ0) is 31.9. The number of aliphatic hydroxyl groups is 2. The van der Waals surface area contributed by atoms with Crippen molar-refractivity contribution in [2.45, 2.75) is 65.0 Å². The number of rotatable bonds is 14. The van der Waals surface area contributed by atoms with Gasteiger partial charge in [-0.05, 0) is 51.7 Å². The van der Waals surface area contributed by atoms with Crippen molar-refractivity contribution in [1.82, 2.24) is 15.0 Å². The Morgan fingerprint density at radius 3 is 2.55 bits per heavy atom. The minimum absolute atomic E-state index is 0.0886. The van der Waals surface area contributed by atoms with Gasteiger partial charge < -0.3 is 15.1 Å². The quantitative estimate of drug-likeness (QED) is 0.135. The topological polar surface area (TPSA) is 135 Å². The van der Waals surface area contributed by atoms with E-state index in [0.29, 0.717) is 24.3 Å². The summed E-state index contributed by atoms with van der Waals surface area (Å²) >= 11 is 0. The molecule has 1 amide bonds. The van der Waals surface area contributed by atoms with Crippen LogP contribution in [0.5, 0.6) is 0 Å². The van der Waals surface area contributed by atoms with Crippen LogP contribution in [0, 0.1) is 16.0 Å². The summed E-state index contributed by atoms with van der Waals surface area (Å²) in [6.07, 6.45) is 11.9. The average Bonchev–Trinajstić information content (AvgIpc) is 3.55. The van der Waals surface area contributed by atoms with Crippen LogP contribution in [0.25, 0.3) is 0 Å². The molecule has 1 aromatic heterocycles.